The molecule has 0 unspecified atom stereocenters. The van der Waals surface area contributed by atoms with E-state index in [0.29, 0.717) is 18.5 Å². The van der Waals surface area contributed by atoms with Gasteiger partial charge in [-0.3, -0.25) is 9.69 Å². The summed E-state index contributed by atoms with van der Waals surface area (Å²) in [5.74, 6) is 1.45. The summed E-state index contributed by atoms with van der Waals surface area (Å²) in [4.78, 5) is 21.4. The monoisotopic (exact) mass is 363 g/mol. The molecule has 1 fully saturated rings. The van der Waals surface area contributed by atoms with Crippen LogP contribution in [0.15, 0.2) is 9.90 Å². The van der Waals surface area contributed by atoms with Gasteiger partial charge in [0.15, 0.2) is 5.82 Å². The van der Waals surface area contributed by atoms with E-state index in [-0.39, 0.29) is 5.91 Å². The Morgan fingerprint density at radius 2 is 2.24 bits per heavy atom. The zero-order chi connectivity index (χ0) is 17.8. The van der Waals surface area contributed by atoms with Crippen LogP contribution in [-0.4, -0.2) is 55.9 Å². The maximum Gasteiger partial charge on any atom is 0.256 e. The van der Waals surface area contributed by atoms with Gasteiger partial charge in [0.25, 0.3) is 5.91 Å². The molecule has 1 atom stereocenters. The fourth-order valence-electron chi connectivity index (χ4n) is 3.40. The topological polar surface area (TPSA) is 75.4 Å². The van der Waals surface area contributed by atoms with Gasteiger partial charge in [-0.15, -0.1) is 0 Å². The summed E-state index contributed by atoms with van der Waals surface area (Å²) in [6, 6.07) is 0.434. The van der Waals surface area contributed by atoms with E-state index < -0.39 is 0 Å². The van der Waals surface area contributed by atoms with Crippen LogP contribution in [0.4, 0.5) is 0 Å². The standard InChI is InChI=1S/C17H25N5O2S/c1-4-21(10-16-18-13(3)24-19-16)14-6-5-8-22(9-7-14)17(23)15-11-25-20-12(15)2/h11,14H,4-10H2,1-3H3/t14-/m0/s1. The average Bonchev–Trinajstić information content (AvgIpc) is 3.12. The summed E-state index contributed by atoms with van der Waals surface area (Å²) in [6.07, 6.45) is 3.05. The van der Waals surface area contributed by atoms with Crippen molar-refractivity contribution < 1.29 is 9.32 Å². The van der Waals surface area contributed by atoms with Crippen LogP contribution in [0.25, 0.3) is 0 Å². The van der Waals surface area contributed by atoms with Gasteiger partial charge in [0.2, 0.25) is 5.89 Å². The van der Waals surface area contributed by atoms with Crippen molar-refractivity contribution in [2.24, 2.45) is 0 Å². The largest absolute Gasteiger partial charge is 0.340 e. The molecule has 3 rings (SSSR count). The molecule has 0 saturated carbocycles. The highest BCUT2D eigenvalue weighted by atomic mass is 32.1. The molecule has 2 aromatic heterocycles. The molecule has 0 aliphatic carbocycles. The maximum atomic E-state index is 12.7. The molecule has 1 amide bonds. The normalized spacial score (nSPS) is 18.6. The zero-order valence-corrected chi connectivity index (χ0v) is 15.9. The average molecular weight is 363 g/mol. The highest BCUT2D eigenvalue weighted by Gasteiger charge is 2.26. The number of amides is 1. The maximum absolute atomic E-state index is 12.7. The van der Waals surface area contributed by atoms with Crippen LogP contribution >= 0.6 is 11.5 Å². The van der Waals surface area contributed by atoms with Gasteiger partial charge < -0.3 is 9.42 Å². The van der Waals surface area contributed by atoms with Crippen molar-refractivity contribution in [3.63, 3.8) is 0 Å². The van der Waals surface area contributed by atoms with E-state index >= 15 is 0 Å². The second-order valence-corrected chi connectivity index (χ2v) is 7.11. The zero-order valence-electron chi connectivity index (χ0n) is 15.1. The molecule has 1 aliphatic rings. The molecule has 7 nitrogen and oxygen atoms in total. The number of nitrogens with zero attached hydrogens (tertiary/aromatic N) is 5. The minimum atomic E-state index is 0.115. The Morgan fingerprint density at radius 3 is 2.88 bits per heavy atom. The Kier molecular flexibility index (Phi) is 5.80. The van der Waals surface area contributed by atoms with Gasteiger partial charge in [0.05, 0.1) is 17.8 Å². The number of rotatable bonds is 5. The van der Waals surface area contributed by atoms with Crippen molar-refractivity contribution in [2.75, 3.05) is 19.6 Å². The summed E-state index contributed by atoms with van der Waals surface area (Å²) in [6.45, 7) is 9.07. The van der Waals surface area contributed by atoms with E-state index in [4.69, 9.17) is 4.52 Å². The molecular formula is C17H25N5O2S. The van der Waals surface area contributed by atoms with Crippen LogP contribution < -0.4 is 0 Å². The van der Waals surface area contributed by atoms with E-state index in [1.54, 1.807) is 0 Å². The van der Waals surface area contributed by atoms with Crippen molar-refractivity contribution in [3.8, 4) is 0 Å². The smallest absolute Gasteiger partial charge is 0.256 e. The Labute approximate surface area is 152 Å². The molecule has 2 aromatic rings. The minimum Gasteiger partial charge on any atom is -0.340 e. The first-order valence-electron chi connectivity index (χ1n) is 8.82. The molecule has 0 bridgehead atoms. The minimum absolute atomic E-state index is 0.115. The SMILES string of the molecule is CCN(Cc1noc(C)n1)[C@H]1CCCN(C(=O)c2csnc2C)CC1. The summed E-state index contributed by atoms with van der Waals surface area (Å²) in [5.41, 5.74) is 1.58. The predicted molar refractivity (Wildman–Crippen MR) is 95.5 cm³/mol. The van der Waals surface area contributed by atoms with Gasteiger partial charge in [0.1, 0.15) is 0 Å². The second-order valence-electron chi connectivity index (χ2n) is 6.48. The fraction of sp³-hybridized carbons (Fsp3) is 0.647. The second kappa shape index (κ2) is 8.05. The number of likely N-dealkylation sites (tertiary alicyclic amines) is 1. The molecule has 3 heterocycles. The van der Waals surface area contributed by atoms with Crippen LogP contribution in [0.1, 0.15) is 54.0 Å². The molecule has 25 heavy (non-hydrogen) atoms. The van der Waals surface area contributed by atoms with E-state index in [2.05, 4.69) is 26.3 Å². The van der Waals surface area contributed by atoms with Crippen LogP contribution in [0.2, 0.25) is 0 Å². The number of hydrogen-bond acceptors (Lipinski definition) is 7. The van der Waals surface area contributed by atoms with E-state index in [1.165, 1.54) is 11.5 Å². The summed E-state index contributed by atoms with van der Waals surface area (Å²) < 4.78 is 9.30. The number of hydrogen-bond donors (Lipinski definition) is 0. The van der Waals surface area contributed by atoms with Crippen molar-refractivity contribution in [1.82, 2.24) is 24.3 Å². The molecule has 1 aliphatic heterocycles. The highest BCUT2D eigenvalue weighted by Crippen LogP contribution is 2.21. The molecule has 136 valence electrons. The molecule has 1 saturated heterocycles. The van der Waals surface area contributed by atoms with Gasteiger partial charge in [-0.2, -0.15) is 9.36 Å². The lowest BCUT2D eigenvalue weighted by atomic mass is 10.1. The van der Waals surface area contributed by atoms with Crippen LogP contribution in [0.5, 0.6) is 0 Å². The third-order valence-corrected chi connectivity index (χ3v) is 5.52. The fourth-order valence-corrected chi connectivity index (χ4v) is 4.09. The van der Waals surface area contributed by atoms with Crippen LogP contribution in [0.3, 0.4) is 0 Å². The summed E-state index contributed by atoms with van der Waals surface area (Å²) in [5, 5.41) is 5.87. The number of aromatic nitrogens is 3. The molecular weight excluding hydrogens is 338 g/mol. The lowest BCUT2D eigenvalue weighted by Gasteiger charge is -2.28. The lowest BCUT2D eigenvalue weighted by Crippen LogP contribution is -2.37. The first-order chi connectivity index (χ1) is 12.1. The lowest BCUT2D eigenvalue weighted by molar-refractivity contribution is 0.0755. The highest BCUT2D eigenvalue weighted by molar-refractivity contribution is 7.03. The molecule has 0 spiro atoms. The molecule has 8 heteroatoms. The molecule has 0 N–H and O–H groups in total. The van der Waals surface area contributed by atoms with Crippen molar-refractivity contribution >= 4 is 17.4 Å². The number of aryl methyl sites for hydroxylation is 2. The Morgan fingerprint density at radius 1 is 1.40 bits per heavy atom. The molecule has 0 aromatic carbocycles. The third kappa shape index (κ3) is 4.24. The first-order valence-corrected chi connectivity index (χ1v) is 9.65. The van der Waals surface area contributed by atoms with Crippen LogP contribution in [-0.2, 0) is 6.54 Å². The third-order valence-electron chi connectivity index (χ3n) is 4.80. The predicted octanol–water partition coefficient (Wildman–Crippen LogP) is 2.66. The quantitative estimate of drug-likeness (QED) is 0.813. The van der Waals surface area contributed by atoms with Crippen molar-refractivity contribution in [1.29, 1.82) is 0 Å². The Balaban J connectivity index is 1.62. The van der Waals surface area contributed by atoms with E-state index in [0.717, 1.165) is 56.0 Å². The molecule has 0 radical (unpaired) electrons. The van der Waals surface area contributed by atoms with Crippen LogP contribution in [0, 0.1) is 13.8 Å². The number of carbonyl (C=O) groups excluding carboxylic acids is 1. The van der Waals surface area contributed by atoms with Crippen molar-refractivity contribution in [3.05, 3.63) is 28.4 Å². The van der Waals surface area contributed by atoms with Crippen molar-refractivity contribution in [2.45, 2.75) is 52.6 Å². The Bertz CT molecular complexity index is 713. The number of carbonyl (C=O) groups is 1. The van der Waals surface area contributed by atoms with Gasteiger partial charge in [-0.1, -0.05) is 12.1 Å². The van der Waals surface area contributed by atoms with E-state index in [9.17, 15) is 4.79 Å². The Hall–Kier alpha value is -1.80. The first kappa shape index (κ1) is 18.0. The van der Waals surface area contributed by atoms with Gasteiger partial charge in [-0.25, -0.2) is 0 Å². The van der Waals surface area contributed by atoms with Gasteiger partial charge in [0, 0.05) is 31.4 Å². The van der Waals surface area contributed by atoms with Gasteiger partial charge >= 0.3 is 0 Å². The summed E-state index contributed by atoms with van der Waals surface area (Å²) >= 11 is 1.35. The summed E-state index contributed by atoms with van der Waals surface area (Å²) in [7, 11) is 0. The van der Waals surface area contributed by atoms with E-state index in [1.807, 2.05) is 24.1 Å². The van der Waals surface area contributed by atoms with Gasteiger partial charge in [-0.05, 0) is 44.3 Å².